The van der Waals surface area contributed by atoms with E-state index in [1.807, 2.05) is 44.2 Å². The number of hydrogen-bond donors (Lipinski definition) is 3. The van der Waals surface area contributed by atoms with Gasteiger partial charge in [-0.2, -0.15) is 0 Å². The van der Waals surface area contributed by atoms with Crippen LogP contribution in [0.4, 0.5) is 11.5 Å². The summed E-state index contributed by atoms with van der Waals surface area (Å²) in [6, 6.07) is 12.9. The molecular formula is C20H23N5O3S. The van der Waals surface area contributed by atoms with Crippen LogP contribution in [0.25, 0.3) is 0 Å². The Morgan fingerprint density at radius 1 is 1.24 bits per heavy atom. The lowest BCUT2D eigenvalue weighted by Gasteiger charge is -2.27. The van der Waals surface area contributed by atoms with Crippen LogP contribution in [0.2, 0.25) is 0 Å². The predicted octanol–water partition coefficient (Wildman–Crippen LogP) is 2.05. The lowest BCUT2D eigenvalue weighted by Crippen LogP contribution is -2.46. The molecule has 0 saturated carbocycles. The molecule has 3 rings (SSSR count). The van der Waals surface area contributed by atoms with Gasteiger partial charge in [-0.15, -0.1) is 0 Å². The Hall–Kier alpha value is -3.33. The molecule has 2 aromatic heterocycles. The quantitative estimate of drug-likeness (QED) is 0.531. The van der Waals surface area contributed by atoms with E-state index in [-0.39, 0.29) is 30.6 Å². The Bertz CT molecular complexity index is 1090. The van der Waals surface area contributed by atoms with Gasteiger partial charge in [0, 0.05) is 6.04 Å². The van der Waals surface area contributed by atoms with Gasteiger partial charge in [0.05, 0.1) is 19.4 Å². The third-order valence-electron chi connectivity index (χ3n) is 4.22. The molecule has 0 atom stereocenters. The van der Waals surface area contributed by atoms with Crippen LogP contribution >= 0.6 is 12.2 Å². The molecule has 29 heavy (non-hydrogen) atoms. The van der Waals surface area contributed by atoms with Crippen molar-refractivity contribution < 1.29 is 4.42 Å². The van der Waals surface area contributed by atoms with E-state index < -0.39 is 11.2 Å². The third-order valence-corrected chi connectivity index (χ3v) is 4.56. The second kappa shape index (κ2) is 8.78. The number of nitrogen functional groups attached to an aromatic ring is 1. The fourth-order valence-corrected chi connectivity index (χ4v) is 3.29. The van der Waals surface area contributed by atoms with Gasteiger partial charge >= 0.3 is 5.69 Å². The maximum Gasteiger partial charge on any atom is 0.330 e. The topological polar surface area (TPSA) is 109 Å². The fraction of sp³-hybridized carbons (Fsp3) is 0.250. The van der Waals surface area contributed by atoms with Gasteiger partial charge in [-0.1, -0.05) is 30.3 Å². The molecule has 9 heteroatoms. The molecule has 152 valence electrons. The lowest BCUT2D eigenvalue weighted by molar-refractivity contribution is 0.510. The largest absolute Gasteiger partial charge is 0.467 e. The fourth-order valence-electron chi connectivity index (χ4n) is 2.90. The van der Waals surface area contributed by atoms with Crippen molar-refractivity contribution in [2.45, 2.75) is 33.0 Å². The van der Waals surface area contributed by atoms with Crippen molar-refractivity contribution in [3.8, 4) is 0 Å². The molecule has 0 radical (unpaired) electrons. The van der Waals surface area contributed by atoms with Crippen LogP contribution in [0.15, 0.2) is 62.7 Å². The molecule has 0 spiro atoms. The number of furan rings is 1. The highest BCUT2D eigenvalue weighted by molar-refractivity contribution is 7.80. The highest BCUT2D eigenvalue weighted by atomic mass is 32.1. The van der Waals surface area contributed by atoms with Gasteiger partial charge in [0.1, 0.15) is 11.6 Å². The van der Waals surface area contributed by atoms with E-state index in [0.29, 0.717) is 10.9 Å². The van der Waals surface area contributed by atoms with E-state index in [9.17, 15) is 9.59 Å². The molecular weight excluding hydrogens is 390 g/mol. The van der Waals surface area contributed by atoms with Crippen molar-refractivity contribution in [3.63, 3.8) is 0 Å². The Morgan fingerprint density at radius 3 is 2.59 bits per heavy atom. The molecule has 0 aliphatic rings. The molecule has 2 heterocycles. The molecule has 0 aliphatic heterocycles. The molecule has 1 aromatic carbocycles. The Kier molecular flexibility index (Phi) is 6.18. The lowest BCUT2D eigenvalue weighted by atomic mass is 10.2. The minimum atomic E-state index is -0.615. The summed E-state index contributed by atoms with van der Waals surface area (Å²) >= 11 is 5.51. The number of nitrogens with one attached hydrogen (secondary N) is 2. The monoisotopic (exact) mass is 413 g/mol. The maximum absolute atomic E-state index is 12.7. The van der Waals surface area contributed by atoms with Crippen LogP contribution in [0.1, 0.15) is 25.2 Å². The number of benzene rings is 1. The zero-order chi connectivity index (χ0) is 21.0. The van der Waals surface area contributed by atoms with Gasteiger partial charge in [0.2, 0.25) is 0 Å². The number of aromatic amines is 1. The number of nitrogens with zero attached hydrogens (tertiary/aromatic N) is 2. The van der Waals surface area contributed by atoms with E-state index in [0.717, 1.165) is 5.56 Å². The zero-order valence-corrected chi connectivity index (χ0v) is 17.0. The molecule has 0 aliphatic carbocycles. The summed E-state index contributed by atoms with van der Waals surface area (Å²) in [5, 5.41) is 3.42. The molecule has 0 unspecified atom stereocenters. The molecule has 8 nitrogen and oxygen atoms in total. The second-order valence-electron chi connectivity index (χ2n) is 6.83. The van der Waals surface area contributed by atoms with Crippen LogP contribution < -0.4 is 27.2 Å². The van der Waals surface area contributed by atoms with Crippen molar-refractivity contribution in [1.82, 2.24) is 14.9 Å². The SMILES string of the molecule is CC(C)NC(=S)N(Cc1ccco1)c1c(N)n(Cc2ccccc2)c(=O)[nH]c1=O. The van der Waals surface area contributed by atoms with E-state index in [1.54, 1.807) is 17.0 Å². The number of thiocarbonyl (C=S) groups is 1. The van der Waals surface area contributed by atoms with E-state index in [4.69, 9.17) is 22.4 Å². The predicted molar refractivity (Wildman–Crippen MR) is 117 cm³/mol. The van der Waals surface area contributed by atoms with Crippen LogP contribution in [0.3, 0.4) is 0 Å². The molecule has 0 fully saturated rings. The second-order valence-corrected chi connectivity index (χ2v) is 7.22. The normalized spacial score (nSPS) is 10.9. The van der Waals surface area contributed by atoms with Crippen molar-refractivity contribution in [1.29, 1.82) is 0 Å². The molecule has 0 amide bonds. The number of nitrogens with two attached hydrogens (primary N) is 1. The summed E-state index contributed by atoms with van der Waals surface area (Å²) in [7, 11) is 0. The number of anilines is 2. The first-order chi connectivity index (χ1) is 13.9. The number of hydrogen-bond acceptors (Lipinski definition) is 5. The Labute approximate surface area is 173 Å². The summed E-state index contributed by atoms with van der Waals surface area (Å²) in [6.45, 7) is 4.26. The van der Waals surface area contributed by atoms with Gasteiger partial charge < -0.3 is 20.4 Å². The highest BCUT2D eigenvalue weighted by Gasteiger charge is 2.23. The Balaban J connectivity index is 2.09. The summed E-state index contributed by atoms with van der Waals surface area (Å²) in [4.78, 5) is 29.1. The first-order valence-electron chi connectivity index (χ1n) is 9.13. The van der Waals surface area contributed by atoms with Gasteiger partial charge in [0.15, 0.2) is 10.8 Å². The van der Waals surface area contributed by atoms with Crippen molar-refractivity contribution in [2.24, 2.45) is 0 Å². The summed E-state index contributed by atoms with van der Waals surface area (Å²) < 4.78 is 6.74. The smallest absolute Gasteiger partial charge is 0.330 e. The van der Waals surface area contributed by atoms with Crippen molar-refractivity contribution in [2.75, 3.05) is 10.6 Å². The zero-order valence-electron chi connectivity index (χ0n) is 16.2. The summed E-state index contributed by atoms with van der Waals surface area (Å²) in [5.41, 5.74) is 6.08. The van der Waals surface area contributed by atoms with E-state index in [2.05, 4.69) is 10.3 Å². The average Bonchev–Trinajstić information content (AvgIpc) is 3.17. The van der Waals surface area contributed by atoms with Crippen LogP contribution in [-0.4, -0.2) is 20.7 Å². The number of aromatic nitrogens is 2. The van der Waals surface area contributed by atoms with Gasteiger partial charge in [-0.3, -0.25) is 14.3 Å². The van der Waals surface area contributed by atoms with E-state index in [1.165, 1.54) is 10.8 Å². The van der Waals surface area contributed by atoms with Gasteiger partial charge in [-0.25, -0.2) is 4.79 Å². The summed E-state index contributed by atoms with van der Waals surface area (Å²) in [6.07, 6.45) is 1.54. The first-order valence-corrected chi connectivity index (χ1v) is 9.54. The molecule has 4 N–H and O–H groups in total. The van der Waals surface area contributed by atoms with Crippen molar-refractivity contribution in [3.05, 3.63) is 80.9 Å². The van der Waals surface area contributed by atoms with Crippen molar-refractivity contribution >= 4 is 28.8 Å². The first kappa shape index (κ1) is 20.4. The van der Waals surface area contributed by atoms with Gasteiger partial charge in [-0.05, 0) is 43.8 Å². The van der Waals surface area contributed by atoms with Crippen LogP contribution in [-0.2, 0) is 13.1 Å². The minimum Gasteiger partial charge on any atom is -0.467 e. The molecule has 0 bridgehead atoms. The standard InChI is InChI=1S/C20H23N5O3S/c1-13(2)22-20(29)24(12-15-9-6-10-28-15)16-17(21)25(19(27)23-18(16)26)11-14-7-4-3-5-8-14/h3-10,13H,11-12,21H2,1-2H3,(H,22,29)(H,23,26,27). The maximum atomic E-state index is 12.7. The third kappa shape index (κ3) is 4.75. The van der Waals surface area contributed by atoms with Crippen LogP contribution in [0.5, 0.6) is 0 Å². The minimum absolute atomic E-state index is 0.0297. The number of rotatable bonds is 6. The van der Waals surface area contributed by atoms with Gasteiger partial charge in [0.25, 0.3) is 5.56 Å². The molecule has 3 aromatic rings. The van der Waals surface area contributed by atoms with E-state index >= 15 is 0 Å². The van der Waals surface area contributed by atoms with Crippen LogP contribution in [0, 0.1) is 0 Å². The highest BCUT2D eigenvalue weighted by Crippen LogP contribution is 2.21. The Morgan fingerprint density at radius 2 is 1.97 bits per heavy atom. The molecule has 0 saturated heterocycles. The average molecular weight is 414 g/mol. The number of H-pyrrole nitrogens is 1. The summed E-state index contributed by atoms with van der Waals surface area (Å²) in [5.74, 6) is 0.625.